The number of hydrogen-bond acceptors (Lipinski definition) is 3. The van der Waals surface area contributed by atoms with Crippen molar-refractivity contribution in [2.45, 2.75) is 58.1 Å². The number of ether oxygens (including phenoxy) is 2. The van der Waals surface area contributed by atoms with E-state index in [1.54, 1.807) is 0 Å². The smallest absolute Gasteiger partial charge is 0.0589 e. The first-order valence-electron chi connectivity index (χ1n) is 6.79. The second kappa shape index (κ2) is 8.97. The van der Waals surface area contributed by atoms with E-state index in [1.165, 1.54) is 19.3 Å². The largest absolute Gasteiger partial charge is 0.382 e. The Morgan fingerprint density at radius 3 is 3.00 bits per heavy atom. The molecule has 0 spiro atoms. The quantitative estimate of drug-likeness (QED) is 0.648. The van der Waals surface area contributed by atoms with E-state index in [4.69, 9.17) is 9.47 Å². The fourth-order valence-corrected chi connectivity index (χ4v) is 2.21. The zero-order chi connectivity index (χ0) is 11.6. The van der Waals surface area contributed by atoms with E-state index in [0.29, 0.717) is 12.1 Å². The molecule has 1 heterocycles. The third-order valence-electron chi connectivity index (χ3n) is 3.08. The monoisotopic (exact) mass is 229 g/mol. The van der Waals surface area contributed by atoms with Crippen LogP contribution in [-0.2, 0) is 9.47 Å². The first kappa shape index (κ1) is 13.9. The Morgan fingerprint density at radius 1 is 1.38 bits per heavy atom. The van der Waals surface area contributed by atoms with Crippen LogP contribution < -0.4 is 5.32 Å². The van der Waals surface area contributed by atoms with E-state index in [1.807, 2.05) is 6.92 Å². The van der Waals surface area contributed by atoms with Gasteiger partial charge in [-0.25, -0.2) is 0 Å². The maximum Gasteiger partial charge on any atom is 0.0589 e. The highest BCUT2D eigenvalue weighted by Crippen LogP contribution is 2.17. The van der Waals surface area contributed by atoms with E-state index >= 15 is 0 Å². The summed E-state index contributed by atoms with van der Waals surface area (Å²) in [5.41, 5.74) is 0. The van der Waals surface area contributed by atoms with Crippen LogP contribution in [0.25, 0.3) is 0 Å². The van der Waals surface area contributed by atoms with E-state index in [-0.39, 0.29) is 0 Å². The second-order valence-electron chi connectivity index (χ2n) is 4.51. The lowest BCUT2D eigenvalue weighted by atomic mass is 10.00. The predicted octanol–water partition coefficient (Wildman–Crippen LogP) is 2.35. The van der Waals surface area contributed by atoms with Crippen molar-refractivity contribution in [2.24, 2.45) is 0 Å². The lowest BCUT2D eigenvalue weighted by Crippen LogP contribution is -2.39. The summed E-state index contributed by atoms with van der Waals surface area (Å²) >= 11 is 0. The highest BCUT2D eigenvalue weighted by atomic mass is 16.5. The highest BCUT2D eigenvalue weighted by Gasteiger charge is 2.20. The van der Waals surface area contributed by atoms with Crippen LogP contribution in [-0.4, -0.2) is 38.5 Å². The predicted molar refractivity (Wildman–Crippen MR) is 66.8 cm³/mol. The molecule has 0 saturated carbocycles. The van der Waals surface area contributed by atoms with E-state index in [0.717, 1.165) is 39.2 Å². The van der Waals surface area contributed by atoms with Crippen LogP contribution in [0.5, 0.6) is 0 Å². The van der Waals surface area contributed by atoms with Crippen LogP contribution in [0.2, 0.25) is 0 Å². The zero-order valence-corrected chi connectivity index (χ0v) is 10.8. The lowest BCUT2D eigenvalue weighted by molar-refractivity contribution is -0.00339. The third-order valence-corrected chi connectivity index (χ3v) is 3.08. The molecule has 3 heteroatoms. The van der Waals surface area contributed by atoms with Crippen LogP contribution in [0.3, 0.4) is 0 Å². The van der Waals surface area contributed by atoms with Crippen molar-refractivity contribution in [3.05, 3.63) is 0 Å². The zero-order valence-electron chi connectivity index (χ0n) is 10.8. The van der Waals surface area contributed by atoms with Crippen molar-refractivity contribution in [1.29, 1.82) is 0 Å². The van der Waals surface area contributed by atoms with Gasteiger partial charge in [0.15, 0.2) is 0 Å². The van der Waals surface area contributed by atoms with Gasteiger partial charge < -0.3 is 14.8 Å². The molecule has 1 aliphatic heterocycles. The molecular weight excluding hydrogens is 202 g/mol. The molecule has 96 valence electrons. The topological polar surface area (TPSA) is 30.5 Å². The molecular formula is C13H27NO2. The van der Waals surface area contributed by atoms with Gasteiger partial charge in [-0.2, -0.15) is 0 Å². The summed E-state index contributed by atoms with van der Waals surface area (Å²) in [6.07, 6.45) is 6.38. The molecule has 1 N–H and O–H groups in total. The summed E-state index contributed by atoms with van der Waals surface area (Å²) in [7, 11) is 0. The van der Waals surface area contributed by atoms with Crippen LogP contribution in [0.15, 0.2) is 0 Å². The first-order chi connectivity index (χ1) is 7.86. The number of rotatable bonds is 8. The molecule has 0 aromatic heterocycles. The fourth-order valence-electron chi connectivity index (χ4n) is 2.21. The molecule has 16 heavy (non-hydrogen) atoms. The van der Waals surface area contributed by atoms with Gasteiger partial charge in [0.1, 0.15) is 0 Å². The minimum absolute atomic E-state index is 0.489. The lowest BCUT2D eigenvalue weighted by Gasteiger charge is -2.30. The molecule has 0 amide bonds. The Hall–Kier alpha value is -0.120. The van der Waals surface area contributed by atoms with E-state index < -0.39 is 0 Å². The molecule has 2 atom stereocenters. The van der Waals surface area contributed by atoms with E-state index in [9.17, 15) is 0 Å². The van der Waals surface area contributed by atoms with Gasteiger partial charge in [-0.3, -0.25) is 0 Å². The second-order valence-corrected chi connectivity index (χ2v) is 4.51. The maximum atomic E-state index is 5.73. The van der Waals surface area contributed by atoms with Crippen molar-refractivity contribution in [3.63, 3.8) is 0 Å². The molecule has 1 rings (SSSR count). The summed E-state index contributed by atoms with van der Waals surface area (Å²) in [6.45, 7) is 7.97. The highest BCUT2D eigenvalue weighted by molar-refractivity contribution is 4.76. The summed E-state index contributed by atoms with van der Waals surface area (Å²) in [5, 5.41) is 3.61. The summed E-state index contributed by atoms with van der Waals surface area (Å²) < 4.78 is 11.0. The summed E-state index contributed by atoms with van der Waals surface area (Å²) in [6, 6.07) is 0.659. The Balaban J connectivity index is 2.02. The van der Waals surface area contributed by atoms with Gasteiger partial charge in [0.2, 0.25) is 0 Å². The van der Waals surface area contributed by atoms with Gasteiger partial charge in [0.25, 0.3) is 0 Å². The van der Waals surface area contributed by atoms with Crippen LogP contribution in [0, 0.1) is 0 Å². The average Bonchev–Trinajstić information content (AvgIpc) is 2.30. The van der Waals surface area contributed by atoms with Crippen molar-refractivity contribution >= 4 is 0 Å². The van der Waals surface area contributed by atoms with Gasteiger partial charge in [-0.1, -0.05) is 13.3 Å². The Morgan fingerprint density at radius 2 is 2.25 bits per heavy atom. The molecule has 0 aliphatic carbocycles. The standard InChI is InChI=1S/C13H27NO2/c1-3-6-13-11-12(7-10-16-13)14-8-5-9-15-4-2/h12-14H,3-11H2,1-2H3. The molecule has 1 saturated heterocycles. The molecule has 1 aliphatic rings. The SMILES string of the molecule is CCCC1CC(NCCCOCC)CCO1. The van der Waals surface area contributed by atoms with E-state index in [2.05, 4.69) is 12.2 Å². The fraction of sp³-hybridized carbons (Fsp3) is 1.00. The third kappa shape index (κ3) is 5.83. The molecule has 1 fully saturated rings. The summed E-state index contributed by atoms with van der Waals surface area (Å²) in [4.78, 5) is 0. The van der Waals surface area contributed by atoms with Crippen molar-refractivity contribution < 1.29 is 9.47 Å². The van der Waals surface area contributed by atoms with Gasteiger partial charge in [0.05, 0.1) is 6.10 Å². The van der Waals surface area contributed by atoms with Crippen molar-refractivity contribution in [2.75, 3.05) is 26.4 Å². The number of nitrogens with one attached hydrogen (secondary N) is 1. The van der Waals surface area contributed by atoms with Crippen LogP contribution in [0.4, 0.5) is 0 Å². The van der Waals surface area contributed by atoms with Gasteiger partial charge >= 0.3 is 0 Å². The Bertz CT molecular complexity index is 162. The minimum atomic E-state index is 0.489. The van der Waals surface area contributed by atoms with Gasteiger partial charge in [-0.15, -0.1) is 0 Å². The Labute approximate surface area is 99.9 Å². The average molecular weight is 229 g/mol. The minimum Gasteiger partial charge on any atom is -0.382 e. The normalized spacial score (nSPS) is 25.9. The van der Waals surface area contributed by atoms with Gasteiger partial charge in [-0.05, 0) is 39.2 Å². The number of hydrogen-bond donors (Lipinski definition) is 1. The maximum absolute atomic E-state index is 5.73. The molecule has 0 radical (unpaired) electrons. The molecule has 3 nitrogen and oxygen atoms in total. The first-order valence-corrected chi connectivity index (χ1v) is 6.79. The Kier molecular flexibility index (Phi) is 7.81. The summed E-state index contributed by atoms with van der Waals surface area (Å²) in [5.74, 6) is 0. The van der Waals surface area contributed by atoms with Crippen molar-refractivity contribution in [1.82, 2.24) is 5.32 Å². The van der Waals surface area contributed by atoms with Crippen LogP contribution in [0.1, 0.15) is 46.0 Å². The molecule has 2 unspecified atom stereocenters. The molecule has 0 bridgehead atoms. The molecule has 0 aromatic carbocycles. The van der Waals surface area contributed by atoms with Crippen LogP contribution >= 0.6 is 0 Å². The molecule has 0 aromatic rings. The van der Waals surface area contributed by atoms with Gasteiger partial charge in [0, 0.05) is 25.9 Å². The van der Waals surface area contributed by atoms with Crippen molar-refractivity contribution in [3.8, 4) is 0 Å².